The molecule has 138 valence electrons. The van der Waals surface area contributed by atoms with Crippen LogP contribution in [-0.2, 0) is 19.7 Å². The van der Waals surface area contributed by atoms with Gasteiger partial charge in [0.05, 0.1) is 5.37 Å². The van der Waals surface area contributed by atoms with Crippen molar-refractivity contribution in [3.63, 3.8) is 0 Å². The van der Waals surface area contributed by atoms with Crippen molar-refractivity contribution in [1.82, 2.24) is 10.6 Å². The summed E-state index contributed by atoms with van der Waals surface area (Å²) in [6, 6.07) is 6.87. The third-order valence-electron chi connectivity index (χ3n) is 3.84. The number of carboxylic acids is 1. The van der Waals surface area contributed by atoms with Gasteiger partial charge in [-0.15, -0.1) is 11.8 Å². The van der Waals surface area contributed by atoms with Crippen LogP contribution in [-0.4, -0.2) is 52.7 Å². The maximum absolute atomic E-state index is 12.3. The first-order valence-corrected chi connectivity index (χ1v) is 9.86. The summed E-state index contributed by atoms with van der Waals surface area (Å²) < 4.78 is 32.0. The molecule has 1 aliphatic heterocycles. The van der Waals surface area contributed by atoms with E-state index in [1.807, 2.05) is 0 Å². The van der Waals surface area contributed by atoms with Crippen molar-refractivity contribution in [2.45, 2.75) is 35.3 Å². The Hall–Kier alpha value is -1.62. The molecular weight excluding hydrogens is 368 g/mol. The predicted molar refractivity (Wildman–Crippen MR) is 93.8 cm³/mol. The van der Waals surface area contributed by atoms with E-state index < -0.39 is 43.4 Å². The van der Waals surface area contributed by atoms with E-state index in [-0.39, 0.29) is 12.1 Å². The van der Waals surface area contributed by atoms with E-state index in [2.05, 4.69) is 10.6 Å². The fourth-order valence-corrected chi connectivity index (χ4v) is 4.96. The van der Waals surface area contributed by atoms with Gasteiger partial charge in [0.1, 0.15) is 6.04 Å². The van der Waals surface area contributed by atoms with Crippen LogP contribution >= 0.6 is 11.8 Å². The molecule has 0 spiro atoms. The minimum Gasteiger partial charge on any atom is -0.480 e. The Balaban J connectivity index is 2.07. The van der Waals surface area contributed by atoms with Gasteiger partial charge in [0.25, 0.3) is 10.1 Å². The SMILES string of the molecule is CC1(C)SC(CNC(=O)[C@@H](c2ccccc2)S(=O)(=O)O)N[C@H]1C(=O)O. The zero-order valence-electron chi connectivity index (χ0n) is 13.7. The number of carbonyl (C=O) groups excluding carboxylic acids is 1. The third-order valence-corrected chi connectivity index (χ3v) is 6.35. The van der Waals surface area contributed by atoms with Crippen LogP contribution in [0.15, 0.2) is 30.3 Å². The van der Waals surface area contributed by atoms with Crippen LogP contribution in [0.3, 0.4) is 0 Å². The summed E-state index contributed by atoms with van der Waals surface area (Å²) in [6.07, 6.45) is 0. The van der Waals surface area contributed by atoms with Gasteiger partial charge in [-0.25, -0.2) is 0 Å². The van der Waals surface area contributed by atoms with Crippen molar-refractivity contribution in [3.8, 4) is 0 Å². The maximum atomic E-state index is 12.3. The van der Waals surface area contributed by atoms with Crippen LogP contribution in [0.2, 0.25) is 0 Å². The molecule has 1 aromatic rings. The van der Waals surface area contributed by atoms with Crippen molar-refractivity contribution in [3.05, 3.63) is 35.9 Å². The van der Waals surface area contributed by atoms with Crippen molar-refractivity contribution in [1.29, 1.82) is 0 Å². The van der Waals surface area contributed by atoms with Crippen LogP contribution in [0.5, 0.6) is 0 Å². The standard InChI is InChI=1S/C15H20N2O6S2/c1-15(2)12(14(19)20)17-10(24-15)8-16-13(18)11(25(21,22)23)9-6-4-3-5-7-9/h3-7,10-12,17H,8H2,1-2H3,(H,16,18)(H,19,20)(H,21,22,23)/t10?,11-,12+/m1/s1. The number of carbonyl (C=O) groups is 2. The summed E-state index contributed by atoms with van der Waals surface area (Å²) in [6.45, 7) is 3.57. The first kappa shape index (κ1) is 19.7. The molecule has 25 heavy (non-hydrogen) atoms. The molecule has 8 nitrogen and oxygen atoms in total. The van der Waals surface area contributed by atoms with E-state index in [0.29, 0.717) is 0 Å². The third kappa shape index (κ3) is 4.72. The second-order valence-corrected chi connectivity index (χ2v) is 9.56. The van der Waals surface area contributed by atoms with Crippen molar-refractivity contribution >= 4 is 33.8 Å². The molecule has 1 aliphatic rings. The molecule has 0 radical (unpaired) electrons. The molecule has 0 saturated carbocycles. The lowest BCUT2D eigenvalue weighted by molar-refractivity contribution is -0.139. The molecule has 1 aromatic carbocycles. The lowest BCUT2D eigenvalue weighted by atomic mass is 10.0. The highest BCUT2D eigenvalue weighted by Gasteiger charge is 2.45. The zero-order chi connectivity index (χ0) is 18.8. The van der Waals surface area contributed by atoms with E-state index in [1.54, 1.807) is 32.0 Å². The fraction of sp³-hybridized carbons (Fsp3) is 0.467. The second-order valence-electron chi connectivity index (χ2n) is 6.20. The topological polar surface area (TPSA) is 133 Å². The summed E-state index contributed by atoms with van der Waals surface area (Å²) in [4.78, 5) is 23.6. The average molecular weight is 388 g/mol. The van der Waals surface area contributed by atoms with Gasteiger partial charge in [0.15, 0.2) is 5.25 Å². The number of hydrogen-bond donors (Lipinski definition) is 4. The van der Waals surface area contributed by atoms with Gasteiger partial charge < -0.3 is 10.4 Å². The molecule has 0 aromatic heterocycles. The number of benzene rings is 1. The van der Waals surface area contributed by atoms with E-state index >= 15 is 0 Å². The Labute approximate surface area is 150 Å². The monoisotopic (exact) mass is 388 g/mol. The number of aliphatic carboxylic acids is 1. The normalized spacial score (nSPS) is 23.8. The number of thioether (sulfide) groups is 1. The highest BCUT2D eigenvalue weighted by molar-refractivity contribution is 8.01. The molecule has 10 heteroatoms. The van der Waals surface area contributed by atoms with E-state index in [0.717, 1.165) is 0 Å². The summed E-state index contributed by atoms with van der Waals surface area (Å²) >= 11 is 1.34. The predicted octanol–water partition coefficient (Wildman–Crippen LogP) is 0.626. The highest BCUT2D eigenvalue weighted by Crippen LogP contribution is 2.37. The highest BCUT2D eigenvalue weighted by atomic mass is 32.2. The van der Waals surface area contributed by atoms with Crippen LogP contribution < -0.4 is 10.6 Å². The van der Waals surface area contributed by atoms with E-state index in [9.17, 15) is 27.7 Å². The van der Waals surface area contributed by atoms with Crippen LogP contribution in [0, 0.1) is 0 Å². The smallest absolute Gasteiger partial charge is 0.322 e. The Morgan fingerprint density at radius 2 is 1.92 bits per heavy atom. The number of amides is 1. The fourth-order valence-electron chi connectivity index (χ4n) is 2.70. The largest absolute Gasteiger partial charge is 0.480 e. The van der Waals surface area contributed by atoms with Gasteiger partial charge in [-0.1, -0.05) is 30.3 Å². The summed E-state index contributed by atoms with van der Waals surface area (Å²) in [5.74, 6) is -1.86. The number of carboxylic acid groups (broad SMARTS) is 1. The van der Waals surface area contributed by atoms with Gasteiger partial charge in [-0.05, 0) is 19.4 Å². The lowest BCUT2D eigenvalue weighted by Gasteiger charge is -2.20. The minimum atomic E-state index is -4.64. The van der Waals surface area contributed by atoms with Crippen molar-refractivity contribution < 1.29 is 27.7 Å². The van der Waals surface area contributed by atoms with Crippen molar-refractivity contribution in [2.24, 2.45) is 0 Å². The maximum Gasteiger partial charge on any atom is 0.322 e. The zero-order valence-corrected chi connectivity index (χ0v) is 15.3. The molecule has 4 N–H and O–H groups in total. The number of nitrogens with one attached hydrogen (secondary N) is 2. The molecule has 2 rings (SSSR count). The first-order valence-electron chi connectivity index (χ1n) is 7.48. The van der Waals surface area contributed by atoms with Crippen molar-refractivity contribution in [2.75, 3.05) is 6.54 Å². The molecule has 0 aliphatic carbocycles. The Morgan fingerprint density at radius 1 is 1.32 bits per heavy atom. The van der Waals surface area contributed by atoms with Gasteiger partial charge in [-0.2, -0.15) is 8.42 Å². The first-order chi connectivity index (χ1) is 11.5. The summed E-state index contributed by atoms with van der Waals surface area (Å²) in [7, 11) is -4.64. The summed E-state index contributed by atoms with van der Waals surface area (Å²) in [5.41, 5.74) is 0.151. The Kier molecular flexibility index (Phi) is 5.77. The molecule has 1 heterocycles. The van der Waals surface area contributed by atoms with E-state index in [1.165, 1.54) is 23.9 Å². The average Bonchev–Trinajstić information content (AvgIpc) is 2.80. The van der Waals surface area contributed by atoms with Crippen LogP contribution in [0.4, 0.5) is 0 Å². The minimum absolute atomic E-state index is 0.0234. The Bertz CT molecular complexity index is 751. The molecule has 1 amide bonds. The quantitative estimate of drug-likeness (QED) is 0.522. The lowest BCUT2D eigenvalue weighted by Crippen LogP contribution is -2.47. The van der Waals surface area contributed by atoms with E-state index in [4.69, 9.17) is 0 Å². The number of hydrogen-bond acceptors (Lipinski definition) is 6. The summed E-state index contributed by atoms with van der Waals surface area (Å²) in [5, 5.41) is 12.5. The van der Waals surface area contributed by atoms with Crippen LogP contribution in [0.1, 0.15) is 24.7 Å². The molecule has 1 saturated heterocycles. The molecule has 1 fully saturated rings. The van der Waals surface area contributed by atoms with Gasteiger partial charge in [0.2, 0.25) is 5.91 Å². The van der Waals surface area contributed by atoms with Gasteiger partial charge in [0, 0.05) is 11.3 Å². The molecule has 3 atom stereocenters. The van der Waals surface area contributed by atoms with Crippen LogP contribution in [0.25, 0.3) is 0 Å². The Morgan fingerprint density at radius 3 is 2.40 bits per heavy atom. The second kappa shape index (κ2) is 7.32. The number of rotatable bonds is 6. The molecule has 0 bridgehead atoms. The molecule has 1 unspecified atom stereocenters. The van der Waals surface area contributed by atoms with Gasteiger partial charge in [-0.3, -0.25) is 19.5 Å². The molecular formula is C15H20N2O6S2. The van der Waals surface area contributed by atoms with Gasteiger partial charge >= 0.3 is 5.97 Å².